The zero-order valence-corrected chi connectivity index (χ0v) is 21.1. The number of carbonyl (C=O) groups excluding carboxylic acids is 2. The van der Waals surface area contributed by atoms with Gasteiger partial charge in [-0.1, -0.05) is 35.3 Å². The molecule has 0 aliphatic carbocycles. The maximum atomic E-state index is 13.4. The minimum absolute atomic E-state index is 0.0378. The number of hydrogen-bond donors (Lipinski definition) is 1. The third-order valence-corrected chi connectivity index (χ3v) is 7.36. The number of ketones is 1. The zero-order valence-electron chi connectivity index (χ0n) is 18.8. The Hall–Kier alpha value is -3.00. The first kappa shape index (κ1) is 24.1. The number of hydrogen-bond acceptors (Lipinski definition) is 6. The summed E-state index contributed by atoms with van der Waals surface area (Å²) in [6, 6.07) is 9.76. The van der Waals surface area contributed by atoms with Gasteiger partial charge in [-0.15, -0.1) is 11.3 Å². The summed E-state index contributed by atoms with van der Waals surface area (Å²) in [5.74, 6) is -1.75. The number of amides is 1. The standard InChI is InChI=1S/C25H21Cl2NO5S/c1-12-6-5-7-14(10-12)28-19(24-13(2)8-9-34-24)17(21(30)25(28)31)20(29)15-11-16(26)23(33-4)18(27)22(15)32-3/h5-11,19,29H,1-4H3/b20-17+. The molecule has 1 aliphatic heterocycles. The second kappa shape index (κ2) is 9.33. The molecule has 176 valence electrons. The summed E-state index contributed by atoms with van der Waals surface area (Å²) in [4.78, 5) is 28.8. The minimum Gasteiger partial charge on any atom is -0.507 e. The van der Waals surface area contributed by atoms with Gasteiger partial charge in [0, 0.05) is 10.6 Å². The first-order valence-corrected chi connectivity index (χ1v) is 11.9. The summed E-state index contributed by atoms with van der Waals surface area (Å²) >= 11 is 14.1. The van der Waals surface area contributed by atoms with E-state index in [2.05, 4.69) is 0 Å². The Bertz CT molecular complexity index is 1350. The molecular formula is C25H21Cl2NO5S. The van der Waals surface area contributed by atoms with E-state index in [0.717, 1.165) is 16.0 Å². The lowest BCUT2D eigenvalue weighted by atomic mass is 9.97. The van der Waals surface area contributed by atoms with Crippen molar-refractivity contribution in [3.8, 4) is 11.5 Å². The van der Waals surface area contributed by atoms with Gasteiger partial charge in [-0.3, -0.25) is 14.5 Å². The van der Waals surface area contributed by atoms with Crippen molar-refractivity contribution in [1.82, 2.24) is 0 Å². The third-order valence-electron chi connectivity index (χ3n) is 5.67. The molecule has 1 saturated heterocycles. The summed E-state index contributed by atoms with van der Waals surface area (Å²) in [5, 5.41) is 13.5. The van der Waals surface area contributed by atoms with Crippen LogP contribution in [0.15, 0.2) is 47.4 Å². The molecule has 1 aromatic heterocycles. The molecule has 2 heterocycles. The van der Waals surface area contributed by atoms with Crippen LogP contribution in [0.5, 0.6) is 11.5 Å². The van der Waals surface area contributed by atoms with Crippen molar-refractivity contribution < 1.29 is 24.2 Å². The van der Waals surface area contributed by atoms with E-state index >= 15 is 0 Å². The van der Waals surface area contributed by atoms with Crippen LogP contribution in [-0.4, -0.2) is 31.0 Å². The van der Waals surface area contributed by atoms with Crippen LogP contribution in [0.1, 0.15) is 27.6 Å². The topological polar surface area (TPSA) is 76.1 Å². The molecule has 1 amide bonds. The van der Waals surface area contributed by atoms with Gasteiger partial charge in [0.25, 0.3) is 11.7 Å². The lowest BCUT2D eigenvalue weighted by molar-refractivity contribution is -0.132. The van der Waals surface area contributed by atoms with Crippen molar-refractivity contribution in [3.63, 3.8) is 0 Å². The molecule has 2 aromatic carbocycles. The van der Waals surface area contributed by atoms with Crippen LogP contribution >= 0.6 is 34.5 Å². The van der Waals surface area contributed by atoms with E-state index in [9.17, 15) is 14.7 Å². The molecule has 34 heavy (non-hydrogen) atoms. The Labute approximate surface area is 210 Å². The quantitative estimate of drug-likeness (QED) is 0.243. The number of rotatable bonds is 5. The number of halogens is 2. The number of carbonyl (C=O) groups is 2. The molecule has 9 heteroatoms. The van der Waals surface area contributed by atoms with Crippen LogP contribution < -0.4 is 14.4 Å². The zero-order chi connectivity index (χ0) is 24.7. The molecule has 1 unspecified atom stereocenters. The van der Waals surface area contributed by atoms with Crippen molar-refractivity contribution in [1.29, 1.82) is 0 Å². The number of anilines is 1. The highest BCUT2D eigenvalue weighted by Gasteiger charge is 2.48. The van der Waals surface area contributed by atoms with Crippen LogP contribution in [0.25, 0.3) is 5.76 Å². The molecule has 1 fully saturated rings. The predicted molar refractivity (Wildman–Crippen MR) is 135 cm³/mol. The first-order chi connectivity index (χ1) is 16.2. The molecular weight excluding hydrogens is 497 g/mol. The van der Waals surface area contributed by atoms with Crippen LogP contribution in [0.2, 0.25) is 10.0 Å². The van der Waals surface area contributed by atoms with Crippen LogP contribution in [-0.2, 0) is 9.59 Å². The van der Waals surface area contributed by atoms with Crippen LogP contribution in [0.3, 0.4) is 0 Å². The Kier molecular flexibility index (Phi) is 6.62. The Morgan fingerprint density at radius 2 is 1.76 bits per heavy atom. The van der Waals surface area contributed by atoms with Gasteiger partial charge in [0.15, 0.2) is 11.5 Å². The maximum Gasteiger partial charge on any atom is 0.300 e. The lowest BCUT2D eigenvalue weighted by Gasteiger charge is -2.25. The largest absolute Gasteiger partial charge is 0.507 e. The number of aliphatic hydroxyl groups is 1. The summed E-state index contributed by atoms with van der Waals surface area (Å²) in [5.41, 5.74) is 2.37. The van der Waals surface area contributed by atoms with E-state index < -0.39 is 23.5 Å². The third kappa shape index (κ3) is 3.83. The molecule has 1 aliphatic rings. The second-order valence-corrected chi connectivity index (χ2v) is 9.50. The van der Waals surface area contributed by atoms with Gasteiger partial charge in [-0.2, -0.15) is 0 Å². The van der Waals surface area contributed by atoms with Gasteiger partial charge < -0.3 is 14.6 Å². The van der Waals surface area contributed by atoms with Crippen molar-refractivity contribution in [2.75, 3.05) is 19.1 Å². The lowest BCUT2D eigenvalue weighted by Crippen LogP contribution is -2.29. The number of thiophene rings is 1. The SMILES string of the molecule is COc1c(Cl)cc(/C(O)=C2\C(=O)C(=O)N(c3cccc(C)c3)C2c2sccc2C)c(OC)c1Cl. The van der Waals surface area contributed by atoms with Gasteiger partial charge in [-0.25, -0.2) is 0 Å². The first-order valence-electron chi connectivity index (χ1n) is 10.2. The number of benzene rings is 2. The van der Waals surface area contributed by atoms with Crippen molar-refractivity contribution >= 4 is 57.7 Å². The molecule has 0 radical (unpaired) electrons. The molecule has 1 N–H and O–H groups in total. The molecule has 3 aromatic rings. The van der Waals surface area contributed by atoms with E-state index in [1.54, 1.807) is 6.07 Å². The Balaban J connectivity index is 2.02. The fourth-order valence-corrected chi connectivity index (χ4v) is 5.79. The smallest absolute Gasteiger partial charge is 0.300 e. The summed E-state index contributed by atoms with van der Waals surface area (Å²) in [7, 11) is 2.77. The molecule has 1 atom stereocenters. The highest BCUT2D eigenvalue weighted by Crippen LogP contribution is 2.49. The molecule has 0 saturated carbocycles. The highest BCUT2D eigenvalue weighted by molar-refractivity contribution is 7.10. The van der Waals surface area contributed by atoms with E-state index in [-0.39, 0.29) is 32.7 Å². The Morgan fingerprint density at radius 1 is 1.06 bits per heavy atom. The van der Waals surface area contributed by atoms with E-state index in [4.69, 9.17) is 32.7 Å². The van der Waals surface area contributed by atoms with Gasteiger partial charge in [0.2, 0.25) is 0 Å². The van der Waals surface area contributed by atoms with Gasteiger partial charge in [-0.05, 0) is 54.6 Å². The van der Waals surface area contributed by atoms with Crippen molar-refractivity contribution in [2.24, 2.45) is 0 Å². The van der Waals surface area contributed by atoms with Crippen LogP contribution in [0.4, 0.5) is 5.69 Å². The minimum atomic E-state index is -0.842. The maximum absolute atomic E-state index is 13.4. The highest BCUT2D eigenvalue weighted by atomic mass is 35.5. The Morgan fingerprint density at radius 3 is 2.35 bits per heavy atom. The number of nitrogens with zero attached hydrogens (tertiary/aromatic N) is 1. The molecule has 4 rings (SSSR count). The van der Waals surface area contributed by atoms with E-state index in [1.165, 1.54) is 36.5 Å². The van der Waals surface area contributed by atoms with Crippen molar-refractivity contribution in [3.05, 3.63) is 79.0 Å². The molecule has 0 bridgehead atoms. The summed E-state index contributed by atoms with van der Waals surface area (Å²) < 4.78 is 10.7. The number of ether oxygens (including phenoxy) is 2. The fourth-order valence-electron chi connectivity index (χ4n) is 4.08. The van der Waals surface area contributed by atoms with Crippen molar-refractivity contribution in [2.45, 2.75) is 19.9 Å². The summed E-state index contributed by atoms with van der Waals surface area (Å²) in [6.07, 6.45) is 0. The van der Waals surface area contributed by atoms with Gasteiger partial charge in [0.05, 0.1) is 30.4 Å². The monoisotopic (exact) mass is 517 g/mol. The normalized spacial score (nSPS) is 17.4. The predicted octanol–water partition coefficient (Wildman–Crippen LogP) is 6.32. The number of methoxy groups -OCH3 is 2. The van der Waals surface area contributed by atoms with Gasteiger partial charge in [0.1, 0.15) is 16.8 Å². The number of aryl methyl sites for hydroxylation is 2. The summed E-state index contributed by atoms with van der Waals surface area (Å²) in [6.45, 7) is 3.79. The number of Topliss-reactive ketones (excluding diaryl/α,β-unsaturated/α-hetero) is 1. The van der Waals surface area contributed by atoms with E-state index in [0.29, 0.717) is 5.69 Å². The van der Waals surface area contributed by atoms with Gasteiger partial charge >= 0.3 is 0 Å². The molecule has 0 spiro atoms. The second-order valence-electron chi connectivity index (χ2n) is 7.76. The fraction of sp³-hybridized carbons (Fsp3) is 0.200. The molecule has 6 nitrogen and oxygen atoms in total. The van der Waals surface area contributed by atoms with Crippen LogP contribution in [0, 0.1) is 13.8 Å². The average Bonchev–Trinajstić information content (AvgIpc) is 3.33. The average molecular weight is 518 g/mol. The number of aliphatic hydroxyl groups excluding tert-OH is 1. The van der Waals surface area contributed by atoms with E-state index in [1.807, 2.05) is 43.5 Å².